The smallest absolute Gasteiger partial charge is 0.309 e. The van der Waals surface area contributed by atoms with Crippen molar-refractivity contribution in [3.63, 3.8) is 0 Å². The van der Waals surface area contributed by atoms with Gasteiger partial charge in [0, 0.05) is 0 Å². The molecule has 108 valence electrons. The van der Waals surface area contributed by atoms with E-state index in [0.717, 1.165) is 0 Å². The fourth-order valence-electron chi connectivity index (χ4n) is 2.33. The molecule has 0 saturated carbocycles. The van der Waals surface area contributed by atoms with Crippen LogP contribution in [-0.2, 0) is 20.0 Å². The van der Waals surface area contributed by atoms with Gasteiger partial charge in [0.1, 0.15) is 0 Å². The lowest BCUT2D eigenvalue weighted by atomic mass is 10.0. The molecule has 0 bridgehead atoms. The highest BCUT2D eigenvalue weighted by atomic mass is 31.2. The Morgan fingerprint density at radius 3 is 2.30 bits per heavy atom. The molecule has 0 unspecified atom stereocenters. The molecule has 0 atom stereocenters. The summed E-state index contributed by atoms with van der Waals surface area (Å²) >= 11 is 0. The van der Waals surface area contributed by atoms with E-state index in [1.165, 1.54) is 16.3 Å². The minimum absolute atomic E-state index is 0.410. The van der Waals surface area contributed by atoms with E-state index in [4.69, 9.17) is 9.05 Å². The van der Waals surface area contributed by atoms with Gasteiger partial charge in [-0.2, -0.15) is 0 Å². The highest BCUT2D eigenvalue weighted by Gasteiger charge is 2.23. The predicted molar refractivity (Wildman–Crippen MR) is 83.4 cm³/mol. The maximum absolute atomic E-state index is 12.5. The zero-order valence-electron chi connectivity index (χ0n) is 12.0. The van der Waals surface area contributed by atoms with Crippen LogP contribution in [0.4, 0.5) is 0 Å². The Labute approximate surface area is 120 Å². The molecule has 20 heavy (non-hydrogen) atoms. The Balaban J connectivity index is 2.18. The van der Waals surface area contributed by atoms with Crippen molar-refractivity contribution < 1.29 is 13.6 Å². The van der Waals surface area contributed by atoms with Crippen LogP contribution in [0, 0.1) is 0 Å². The van der Waals surface area contributed by atoms with Crippen LogP contribution in [0.25, 0.3) is 10.8 Å². The van der Waals surface area contributed by atoms with Crippen molar-refractivity contribution in [1.82, 2.24) is 0 Å². The van der Waals surface area contributed by atoms with Gasteiger partial charge in [-0.25, -0.2) is 0 Å². The average molecular weight is 292 g/mol. The molecule has 0 radical (unpaired) electrons. The molecule has 0 fully saturated rings. The minimum Gasteiger partial charge on any atom is -0.309 e. The van der Waals surface area contributed by atoms with Gasteiger partial charge in [0.2, 0.25) is 0 Å². The molecular weight excluding hydrogens is 271 g/mol. The molecule has 0 saturated heterocycles. The second kappa shape index (κ2) is 7.03. The van der Waals surface area contributed by atoms with E-state index in [9.17, 15) is 4.57 Å². The largest absolute Gasteiger partial charge is 0.330 e. The van der Waals surface area contributed by atoms with Crippen molar-refractivity contribution in [2.24, 2.45) is 0 Å². The van der Waals surface area contributed by atoms with Crippen LogP contribution in [-0.4, -0.2) is 19.4 Å². The van der Waals surface area contributed by atoms with Crippen molar-refractivity contribution >= 4 is 18.4 Å². The van der Waals surface area contributed by atoms with Crippen molar-refractivity contribution in [3.05, 3.63) is 48.0 Å². The molecule has 0 spiro atoms. The quantitative estimate of drug-likeness (QED) is 0.697. The average Bonchev–Trinajstić information content (AvgIpc) is 2.46. The highest BCUT2D eigenvalue weighted by molar-refractivity contribution is 7.53. The maximum atomic E-state index is 12.5. The third kappa shape index (κ3) is 3.69. The summed E-state index contributed by atoms with van der Waals surface area (Å²) < 4.78 is 23.2. The first-order valence-corrected chi connectivity index (χ1v) is 8.76. The fourth-order valence-corrected chi connectivity index (χ4v) is 3.96. The third-order valence-corrected chi connectivity index (χ3v) is 5.26. The van der Waals surface area contributed by atoms with Crippen LogP contribution in [0.15, 0.2) is 42.5 Å². The topological polar surface area (TPSA) is 35.5 Å². The first kappa shape index (κ1) is 15.2. The fraction of sp³-hybridized carbons (Fsp3) is 0.375. The van der Waals surface area contributed by atoms with E-state index in [0.29, 0.717) is 25.8 Å². The van der Waals surface area contributed by atoms with E-state index in [1.807, 2.05) is 32.0 Å². The van der Waals surface area contributed by atoms with E-state index >= 15 is 0 Å². The number of benzene rings is 2. The van der Waals surface area contributed by atoms with E-state index in [1.54, 1.807) is 0 Å². The molecule has 2 aromatic carbocycles. The van der Waals surface area contributed by atoms with Gasteiger partial charge in [-0.3, -0.25) is 4.57 Å². The van der Waals surface area contributed by atoms with Gasteiger partial charge in [0.15, 0.2) is 0 Å². The van der Waals surface area contributed by atoms with Crippen molar-refractivity contribution in [3.8, 4) is 0 Å². The Hall–Kier alpha value is -1.15. The van der Waals surface area contributed by atoms with Crippen molar-refractivity contribution in [2.45, 2.75) is 20.3 Å². The Morgan fingerprint density at radius 2 is 1.60 bits per heavy atom. The van der Waals surface area contributed by atoms with Crippen molar-refractivity contribution in [2.75, 3.05) is 19.4 Å². The zero-order chi connectivity index (χ0) is 14.4. The molecule has 0 N–H and O–H groups in total. The van der Waals surface area contributed by atoms with Crippen LogP contribution >= 0.6 is 7.60 Å². The van der Waals surface area contributed by atoms with Crippen LogP contribution < -0.4 is 0 Å². The van der Waals surface area contributed by atoms with Crippen LogP contribution in [0.5, 0.6) is 0 Å². The molecular formula is C16H21O3P. The predicted octanol–water partition coefficient (Wildman–Crippen LogP) is 4.65. The minimum atomic E-state index is -2.96. The van der Waals surface area contributed by atoms with Crippen LogP contribution in [0.3, 0.4) is 0 Å². The van der Waals surface area contributed by atoms with Gasteiger partial charge in [-0.1, -0.05) is 42.5 Å². The van der Waals surface area contributed by atoms with Gasteiger partial charge in [0.25, 0.3) is 0 Å². The molecule has 0 amide bonds. The standard InChI is InChI=1S/C16H21O3P/c1-3-18-20(17,19-4-2)13-12-15-10-7-9-14-8-5-6-11-16(14)15/h5-11H,3-4,12-13H2,1-2H3. The maximum Gasteiger partial charge on any atom is 0.330 e. The molecule has 4 heteroatoms. The zero-order valence-corrected chi connectivity index (χ0v) is 12.9. The Morgan fingerprint density at radius 1 is 0.950 bits per heavy atom. The molecule has 0 aromatic heterocycles. The molecule has 0 aliphatic carbocycles. The van der Waals surface area contributed by atoms with Gasteiger partial charge in [-0.05, 0) is 36.6 Å². The first-order chi connectivity index (χ1) is 9.68. The molecule has 3 nitrogen and oxygen atoms in total. The number of hydrogen-bond donors (Lipinski definition) is 0. The van der Waals surface area contributed by atoms with Crippen molar-refractivity contribution in [1.29, 1.82) is 0 Å². The summed E-state index contributed by atoms with van der Waals surface area (Å²) in [7, 11) is -2.96. The number of hydrogen-bond acceptors (Lipinski definition) is 3. The molecule has 0 aliphatic rings. The summed E-state index contributed by atoms with van der Waals surface area (Å²) in [6.45, 7) is 4.49. The summed E-state index contributed by atoms with van der Waals surface area (Å²) in [4.78, 5) is 0. The lowest BCUT2D eigenvalue weighted by Crippen LogP contribution is -2.03. The second-order valence-electron chi connectivity index (χ2n) is 4.56. The molecule has 2 rings (SSSR count). The summed E-state index contributed by atoms with van der Waals surface area (Å²) in [5.74, 6) is 0. The van der Waals surface area contributed by atoms with Gasteiger partial charge in [-0.15, -0.1) is 0 Å². The van der Waals surface area contributed by atoms with Crippen LogP contribution in [0.1, 0.15) is 19.4 Å². The SMILES string of the molecule is CCOP(=O)(CCc1cccc2ccccc12)OCC. The number of fused-ring (bicyclic) bond motifs is 1. The second-order valence-corrected chi connectivity index (χ2v) is 6.74. The Bertz CT molecular complexity index is 594. The molecule has 2 aromatic rings. The molecule has 0 aliphatic heterocycles. The molecule has 0 heterocycles. The Kier molecular flexibility index (Phi) is 5.36. The summed E-state index contributed by atoms with van der Waals surface area (Å²) in [5, 5.41) is 2.40. The summed E-state index contributed by atoms with van der Waals surface area (Å²) in [6.07, 6.45) is 1.11. The highest BCUT2D eigenvalue weighted by Crippen LogP contribution is 2.48. The number of aryl methyl sites for hydroxylation is 1. The van der Waals surface area contributed by atoms with E-state index in [2.05, 4.69) is 24.3 Å². The summed E-state index contributed by atoms with van der Waals surface area (Å²) in [5.41, 5.74) is 1.18. The lowest BCUT2D eigenvalue weighted by molar-refractivity contribution is 0.220. The first-order valence-electron chi connectivity index (χ1n) is 7.03. The summed E-state index contributed by atoms with van der Waals surface area (Å²) in [6, 6.07) is 14.4. The van der Waals surface area contributed by atoms with Gasteiger partial charge < -0.3 is 9.05 Å². The third-order valence-electron chi connectivity index (χ3n) is 3.19. The van der Waals surface area contributed by atoms with Gasteiger partial charge in [0.05, 0.1) is 19.4 Å². The van der Waals surface area contributed by atoms with Crippen LogP contribution in [0.2, 0.25) is 0 Å². The van der Waals surface area contributed by atoms with E-state index in [-0.39, 0.29) is 0 Å². The monoisotopic (exact) mass is 292 g/mol. The normalized spacial score (nSPS) is 11.9. The number of rotatable bonds is 7. The van der Waals surface area contributed by atoms with Gasteiger partial charge >= 0.3 is 7.60 Å². The van der Waals surface area contributed by atoms with E-state index < -0.39 is 7.60 Å². The lowest BCUT2D eigenvalue weighted by Gasteiger charge is -2.17.